The highest BCUT2D eigenvalue weighted by atomic mass is 79.9. The van der Waals surface area contributed by atoms with Gasteiger partial charge in [-0.3, -0.25) is 9.59 Å². The molecule has 11 heteroatoms. The van der Waals surface area contributed by atoms with E-state index in [1.165, 1.54) is 6.07 Å². The highest BCUT2D eigenvalue weighted by molar-refractivity contribution is 9.11. The van der Waals surface area contributed by atoms with Crippen LogP contribution in [0.15, 0.2) is 74.8 Å². The Morgan fingerprint density at radius 1 is 0.977 bits per heavy atom. The largest absolute Gasteiger partial charge is 0.378 e. The summed E-state index contributed by atoms with van der Waals surface area (Å²) in [6.07, 6.45) is 3.51. The fraction of sp³-hybridized carbons (Fsp3) is 0.273. The van der Waals surface area contributed by atoms with Crippen molar-refractivity contribution in [3.8, 4) is 0 Å². The summed E-state index contributed by atoms with van der Waals surface area (Å²) in [7, 11) is 0. The molecule has 2 N–H and O–H groups in total. The van der Waals surface area contributed by atoms with Gasteiger partial charge in [0.1, 0.15) is 16.2 Å². The second kappa shape index (κ2) is 13.1. The van der Waals surface area contributed by atoms with Gasteiger partial charge in [-0.1, -0.05) is 12.1 Å². The topological polar surface area (TPSA) is 100 Å². The number of nitrogens with one attached hydrogen (secondary N) is 2. The Labute approximate surface area is 271 Å². The number of rotatable bonds is 4. The number of morpholine rings is 1. The number of fused-ring (bicyclic) bond motifs is 2. The number of hydrogen-bond donors (Lipinski definition) is 2. The van der Waals surface area contributed by atoms with Gasteiger partial charge in [-0.25, -0.2) is 14.4 Å². The molecule has 0 bridgehead atoms. The molecule has 0 saturated carbocycles. The number of carbonyl (C=O) groups excluding carboxylic acids is 1. The molecule has 0 aliphatic carbocycles. The van der Waals surface area contributed by atoms with Crippen LogP contribution in [0.25, 0.3) is 21.8 Å². The number of carbonyl (C=O) groups is 1. The molecule has 1 aliphatic heterocycles. The van der Waals surface area contributed by atoms with E-state index in [4.69, 9.17) is 4.74 Å². The highest BCUT2D eigenvalue weighted by Gasteiger charge is 2.27. The molecule has 0 unspecified atom stereocenters. The van der Waals surface area contributed by atoms with Crippen LogP contribution in [0.1, 0.15) is 40.9 Å². The zero-order valence-corrected chi connectivity index (χ0v) is 28.0. The van der Waals surface area contributed by atoms with Gasteiger partial charge in [-0.05, 0) is 113 Å². The number of aryl methyl sites for hydroxylation is 2. The Morgan fingerprint density at radius 3 is 2.39 bits per heavy atom. The van der Waals surface area contributed by atoms with E-state index in [-0.39, 0.29) is 16.4 Å². The minimum Gasteiger partial charge on any atom is -0.378 e. The van der Waals surface area contributed by atoms with Gasteiger partial charge in [0.15, 0.2) is 5.43 Å². The van der Waals surface area contributed by atoms with Crippen molar-refractivity contribution in [3.63, 3.8) is 0 Å². The molecule has 1 saturated heterocycles. The van der Waals surface area contributed by atoms with E-state index in [0.717, 1.165) is 50.7 Å². The van der Waals surface area contributed by atoms with Crippen molar-refractivity contribution in [3.05, 3.63) is 108 Å². The maximum Gasteiger partial charge on any atom is 0.255 e. The zero-order chi connectivity index (χ0) is 31.6. The molecule has 0 atom stereocenters. The van der Waals surface area contributed by atoms with Crippen LogP contribution in [0, 0.1) is 19.7 Å². The number of para-hydroxylation sites is 1. The standard InChI is InChI=1S/C27H27FN4O3.C6H5Br2N/c1-16-12-17(15-29-25(16)32-8-10-35-11-9-32)27(2,3)31-26(34)19-14-23-20(13-21(19)28)24(33)18-6-4-5-7-22(18)30-23;1-4-2-5(7)3-9-6(4)8/h4-7,12-15H,8-11H2,1-3H3,(H,30,33)(H,31,34);2-3H,1H3. The van der Waals surface area contributed by atoms with Crippen LogP contribution >= 0.6 is 31.9 Å². The second-order valence-electron chi connectivity index (χ2n) is 11.2. The summed E-state index contributed by atoms with van der Waals surface area (Å²) in [6, 6.07) is 13.6. The third-order valence-electron chi connectivity index (χ3n) is 7.53. The van der Waals surface area contributed by atoms with Gasteiger partial charge in [0.05, 0.1) is 29.8 Å². The van der Waals surface area contributed by atoms with Crippen molar-refractivity contribution in [1.29, 1.82) is 0 Å². The summed E-state index contributed by atoms with van der Waals surface area (Å²) < 4.78 is 22.4. The lowest BCUT2D eigenvalue weighted by Gasteiger charge is -2.31. The Hall–Kier alpha value is -3.67. The van der Waals surface area contributed by atoms with Crippen molar-refractivity contribution in [2.24, 2.45) is 0 Å². The number of pyridine rings is 3. The molecule has 6 rings (SSSR count). The summed E-state index contributed by atoms with van der Waals surface area (Å²) in [5, 5.41) is 3.61. The maximum absolute atomic E-state index is 15.0. The first kappa shape index (κ1) is 31.7. The van der Waals surface area contributed by atoms with E-state index in [0.29, 0.717) is 29.6 Å². The minimum absolute atomic E-state index is 0.133. The number of aromatic amines is 1. The summed E-state index contributed by atoms with van der Waals surface area (Å²) in [6.45, 7) is 10.6. The normalized spacial score (nSPS) is 13.5. The van der Waals surface area contributed by atoms with E-state index >= 15 is 4.39 Å². The SMILES string of the molecule is Cc1cc(Br)cnc1Br.Cc1cc(C(C)(C)NC(=O)c2cc3[nH]c4ccccc4c(=O)c3cc2F)cnc1N1CCOCC1. The Kier molecular flexibility index (Phi) is 9.48. The Balaban J connectivity index is 0.000000367. The van der Waals surface area contributed by atoms with Gasteiger partial charge in [0.2, 0.25) is 0 Å². The van der Waals surface area contributed by atoms with Crippen LogP contribution in [-0.4, -0.2) is 47.2 Å². The molecule has 4 heterocycles. The first-order chi connectivity index (χ1) is 20.9. The molecular formula is C33H32Br2FN5O3. The van der Waals surface area contributed by atoms with Gasteiger partial charge in [0.25, 0.3) is 5.91 Å². The minimum atomic E-state index is -0.809. The molecule has 3 aromatic heterocycles. The van der Waals surface area contributed by atoms with E-state index in [9.17, 15) is 9.59 Å². The summed E-state index contributed by atoms with van der Waals surface area (Å²) in [5.74, 6) is -0.419. The average Bonchev–Trinajstić information content (AvgIpc) is 3.00. The van der Waals surface area contributed by atoms with Gasteiger partial charge >= 0.3 is 0 Å². The monoisotopic (exact) mass is 723 g/mol. The van der Waals surface area contributed by atoms with Crippen molar-refractivity contribution in [2.45, 2.75) is 33.2 Å². The lowest BCUT2D eigenvalue weighted by atomic mass is 9.94. The van der Waals surface area contributed by atoms with Crippen LogP contribution in [0.5, 0.6) is 0 Å². The van der Waals surface area contributed by atoms with Crippen LogP contribution in [0.3, 0.4) is 0 Å². The van der Waals surface area contributed by atoms with Crippen molar-refractivity contribution >= 4 is 65.4 Å². The molecular weight excluding hydrogens is 693 g/mol. The number of hydrogen-bond acceptors (Lipinski definition) is 6. The Morgan fingerprint density at radius 2 is 1.70 bits per heavy atom. The van der Waals surface area contributed by atoms with Gasteiger partial charge < -0.3 is 19.9 Å². The lowest BCUT2D eigenvalue weighted by Crippen LogP contribution is -2.42. The summed E-state index contributed by atoms with van der Waals surface area (Å²) >= 11 is 6.61. The lowest BCUT2D eigenvalue weighted by molar-refractivity contribution is 0.0908. The number of ether oxygens (including phenoxy) is 1. The molecule has 1 amide bonds. The van der Waals surface area contributed by atoms with Crippen LogP contribution in [-0.2, 0) is 10.3 Å². The number of anilines is 1. The molecule has 8 nitrogen and oxygen atoms in total. The quantitative estimate of drug-likeness (QED) is 0.154. The molecule has 5 aromatic rings. The molecule has 1 fully saturated rings. The molecule has 2 aromatic carbocycles. The van der Waals surface area contributed by atoms with E-state index < -0.39 is 17.3 Å². The van der Waals surface area contributed by atoms with Crippen molar-refractivity contribution in [2.75, 3.05) is 31.2 Å². The third-order valence-corrected chi connectivity index (χ3v) is 8.79. The van der Waals surface area contributed by atoms with Crippen LogP contribution < -0.4 is 15.6 Å². The fourth-order valence-corrected chi connectivity index (χ4v) is 5.74. The number of aromatic nitrogens is 3. The molecule has 1 aliphatic rings. The molecule has 228 valence electrons. The van der Waals surface area contributed by atoms with Crippen molar-refractivity contribution < 1.29 is 13.9 Å². The summed E-state index contributed by atoms with van der Waals surface area (Å²) in [5.41, 5.74) is 2.76. The maximum atomic E-state index is 15.0. The van der Waals surface area contributed by atoms with Gasteiger partial charge in [-0.2, -0.15) is 0 Å². The molecule has 44 heavy (non-hydrogen) atoms. The zero-order valence-electron chi connectivity index (χ0n) is 24.8. The molecule has 0 radical (unpaired) electrons. The van der Waals surface area contributed by atoms with E-state index in [1.807, 2.05) is 45.9 Å². The number of H-pyrrole nitrogens is 1. The summed E-state index contributed by atoms with van der Waals surface area (Å²) in [4.78, 5) is 40.0. The van der Waals surface area contributed by atoms with E-state index in [2.05, 4.69) is 57.0 Å². The smallest absolute Gasteiger partial charge is 0.255 e. The number of benzene rings is 2. The van der Waals surface area contributed by atoms with Crippen LogP contribution in [0.2, 0.25) is 0 Å². The van der Waals surface area contributed by atoms with Gasteiger partial charge in [-0.15, -0.1) is 0 Å². The fourth-order valence-electron chi connectivity index (χ4n) is 5.08. The van der Waals surface area contributed by atoms with Crippen LogP contribution in [0.4, 0.5) is 10.2 Å². The predicted octanol–water partition coefficient (Wildman–Crippen LogP) is 6.94. The second-order valence-corrected chi connectivity index (χ2v) is 12.8. The van der Waals surface area contributed by atoms with Gasteiger partial charge in [0, 0.05) is 46.2 Å². The third kappa shape index (κ3) is 6.85. The Bertz CT molecular complexity index is 1920. The average molecular weight is 725 g/mol. The number of nitrogens with zero attached hydrogens (tertiary/aromatic N) is 3. The first-order valence-corrected chi connectivity index (χ1v) is 15.7. The number of amides is 1. The van der Waals surface area contributed by atoms with E-state index in [1.54, 1.807) is 30.6 Å². The first-order valence-electron chi connectivity index (χ1n) is 14.1. The predicted molar refractivity (Wildman–Crippen MR) is 179 cm³/mol. The molecule has 0 spiro atoms. The van der Waals surface area contributed by atoms with Crippen molar-refractivity contribution in [1.82, 2.24) is 20.3 Å². The number of halogens is 3. The highest BCUT2D eigenvalue weighted by Crippen LogP contribution is 2.27.